The Bertz CT molecular complexity index is 755. The normalized spacial score (nSPS) is 12.1. The molecule has 2 aromatic heterocycles. The molecule has 3 nitrogen and oxygen atoms in total. The Kier molecular flexibility index (Phi) is 6.39. The third-order valence-corrected chi connectivity index (χ3v) is 5.48. The first-order valence-electron chi connectivity index (χ1n) is 7.39. The van der Waals surface area contributed by atoms with Gasteiger partial charge in [-0.25, -0.2) is 9.97 Å². The SMILES string of the molecule is CCC(S)c1ccnc(SCc2nc3ccccc3[nH]2)c1C.Cl. The number of hydrogen-bond acceptors (Lipinski definition) is 4. The van der Waals surface area contributed by atoms with Crippen LogP contribution in [0.4, 0.5) is 0 Å². The van der Waals surface area contributed by atoms with Crippen LogP contribution in [0, 0.1) is 6.92 Å². The number of nitrogens with zero attached hydrogens (tertiary/aromatic N) is 2. The van der Waals surface area contributed by atoms with E-state index in [0.717, 1.165) is 34.1 Å². The van der Waals surface area contributed by atoms with Crippen molar-refractivity contribution in [3.8, 4) is 0 Å². The fourth-order valence-electron chi connectivity index (χ4n) is 2.47. The van der Waals surface area contributed by atoms with Gasteiger partial charge in [-0.3, -0.25) is 0 Å². The number of H-pyrrole nitrogens is 1. The number of nitrogens with one attached hydrogen (secondary N) is 1. The molecule has 0 saturated carbocycles. The largest absolute Gasteiger partial charge is 0.341 e. The van der Waals surface area contributed by atoms with Gasteiger partial charge in [-0.15, -0.1) is 12.4 Å². The van der Waals surface area contributed by atoms with E-state index in [1.165, 1.54) is 11.1 Å². The van der Waals surface area contributed by atoms with E-state index in [1.54, 1.807) is 11.8 Å². The lowest BCUT2D eigenvalue weighted by Crippen LogP contribution is -1.97. The predicted octanol–water partition coefficient (Wildman–Crippen LogP) is 5.36. The zero-order valence-corrected chi connectivity index (χ0v) is 15.6. The zero-order valence-electron chi connectivity index (χ0n) is 13.1. The lowest BCUT2D eigenvalue weighted by molar-refractivity contribution is 0.873. The van der Waals surface area contributed by atoms with Crippen molar-refractivity contribution in [3.63, 3.8) is 0 Å². The highest BCUT2D eigenvalue weighted by Crippen LogP contribution is 2.32. The Morgan fingerprint density at radius 2 is 2.04 bits per heavy atom. The molecule has 0 spiro atoms. The zero-order chi connectivity index (χ0) is 15.5. The highest BCUT2D eigenvalue weighted by atomic mass is 35.5. The van der Waals surface area contributed by atoms with Gasteiger partial charge in [-0.1, -0.05) is 30.8 Å². The number of thioether (sulfide) groups is 1. The van der Waals surface area contributed by atoms with Crippen molar-refractivity contribution in [3.05, 3.63) is 53.5 Å². The van der Waals surface area contributed by atoms with Gasteiger partial charge in [0.2, 0.25) is 0 Å². The van der Waals surface area contributed by atoms with Crippen LogP contribution in [0.1, 0.15) is 35.5 Å². The van der Waals surface area contributed by atoms with Crippen LogP contribution >= 0.6 is 36.8 Å². The van der Waals surface area contributed by atoms with Crippen LogP contribution in [0.3, 0.4) is 0 Å². The summed E-state index contributed by atoms with van der Waals surface area (Å²) < 4.78 is 0. The number of thiol groups is 1. The van der Waals surface area contributed by atoms with Crippen LogP contribution in [0.2, 0.25) is 0 Å². The molecule has 1 unspecified atom stereocenters. The number of aromatic nitrogens is 3. The van der Waals surface area contributed by atoms with Crippen molar-refractivity contribution >= 4 is 47.8 Å². The molecular weight excluding hydrogens is 346 g/mol. The van der Waals surface area contributed by atoms with Crippen LogP contribution in [0.15, 0.2) is 41.6 Å². The third kappa shape index (κ3) is 4.03. The van der Waals surface area contributed by atoms with Crippen molar-refractivity contribution in [2.75, 3.05) is 0 Å². The molecule has 0 radical (unpaired) electrons. The first kappa shape index (κ1) is 18.2. The molecule has 1 aromatic carbocycles. The molecule has 0 fully saturated rings. The van der Waals surface area contributed by atoms with Crippen molar-refractivity contribution in [1.29, 1.82) is 0 Å². The number of aromatic amines is 1. The lowest BCUT2D eigenvalue weighted by Gasteiger charge is -2.13. The quantitative estimate of drug-likeness (QED) is 0.472. The Labute approximate surface area is 152 Å². The molecule has 0 aliphatic heterocycles. The van der Waals surface area contributed by atoms with Gasteiger partial charge >= 0.3 is 0 Å². The second kappa shape index (κ2) is 8.08. The van der Waals surface area contributed by atoms with Crippen molar-refractivity contribution in [2.24, 2.45) is 0 Å². The van der Waals surface area contributed by atoms with E-state index in [4.69, 9.17) is 0 Å². The summed E-state index contributed by atoms with van der Waals surface area (Å²) in [6, 6.07) is 10.2. The molecule has 6 heteroatoms. The Balaban J connectivity index is 0.00000192. The van der Waals surface area contributed by atoms with Gasteiger partial charge in [-0.05, 0) is 42.7 Å². The first-order valence-corrected chi connectivity index (χ1v) is 8.89. The molecule has 0 bridgehead atoms. The van der Waals surface area contributed by atoms with E-state index in [2.05, 4.69) is 47.5 Å². The molecule has 122 valence electrons. The van der Waals surface area contributed by atoms with Crippen LogP contribution in [0.5, 0.6) is 0 Å². The lowest BCUT2D eigenvalue weighted by atomic mass is 10.1. The number of pyridine rings is 1. The number of imidazole rings is 1. The van der Waals surface area contributed by atoms with Gasteiger partial charge < -0.3 is 4.98 Å². The molecule has 1 atom stereocenters. The van der Waals surface area contributed by atoms with E-state index in [1.807, 2.05) is 30.5 Å². The standard InChI is InChI=1S/C17H19N3S2.ClH/c1-3-15(21)12-8-9-18-17(11(12)2)22-10-16-19-13-6-4-5-7-14(13)20-16;/h4-9,15,21H,3,10H2,1-2H3,(H,19,20);1H. The monoisotopic (exact) mass is 365 g/mol. The second-order valence-corrected chi connectivity index (χ2v) is 6.83. The molecule has 1 N–H and O–H groups in total. The van der Waals surface area contributed by atoms with Crippen molar-refractivity contribution in [1.82, 2.24) is 15.0 Å². The highest BCUT2D eigenvalue weighted by Gasteiger charge is 2.12. The smallest absolute Gasteiger partial charge is 0.117 e. The molecule has 2 heterocycles. The predicted molar refractivity (Wildman–Crippen MR) is 104 cm³/mol. The third-order valence-electron chi connectivity index (χ3n) is 3.73. The van der Waals surface area contributed by atoms with E-state index in [-0.39, 0.29) is 17.7 Å². The molecule has 3 rings (SSSR count). The maximum absolute atomic E-state index is 4.65. The average Bonchev–Trinajstić information content (AvgIpc) is 2.96. The number of fused-ring (bicyclic) bond motifs is 1. The fourth-order valence-corrected chi connectivity index (χ4v) is 3.63. The Hall–Kier alpha value is -1.17. The van der Waals surface area contributed by atoms with Gasteiger partial charge in [-0.2, -0.15) is 12.6 Å². The van der Waals surface area contributed by atoms with Crippen molar-refractivity contribution in [2.45, 2.75) is 36.3 Å². The van der Waals surface area contributed by atoms with Crippen LogP contribution < -0.4 is 0 Å². The number of hydrogen-bond donors (Lipinski definition) is 2. The summed E-state index contributed by atoms with van der Waals surface area (Å²) >= 11 is 6.37. The minimum absolute atomic E-state index is 0. The maximum atomic E-state index is 4.65. The highest BCUT2D eigenvalue weighted by molar-refractivity contribution is 7.98. The molecule has 0 amide bonds. The minimum Gasteiger partial charge on any atom is -0.341 e. The summed E-state index contributed by atoms with van der Waals surface area (Å²) in [5.74, 6) is 1.77. The van der Waals surface area contributed by atoms with Gasteiger partial charge in [0.1, 0.15) is 5.82 Å². The van der Waals surface area contributed by atoms with Gasteiger partial charge in [0, 0.05) is 11.4 Å². The summed E-state index contributed by atoms with van der Waals surface area (Å²) in [5.41, 5.74) is 4.59. The molecule has 0 saturated heterocycles. The van der Waals surface area contributed by atoms with Crippen LogP contribution in [-0.4, -0.2) is 15.0 Å². The number of halogens is 1. The number of rotatable bonds is 5. The molecule has 3 aromatic rings. The summed E-state index contributed by atoms with van der Waals surface area (Å²) in [7, 11) is 0. The van der Waals surface area contributed by atoms with Gasteiger partial charge in [0.25, 0.3) is 0 Å². The summed E-state index contributed by atoms with van der Waals surface area (Å²) in [5, 5.41) is 1.33. The molecular formula is C17H20ClN3S2. The minimum atomic E-state index is 0. The maximum Gasteiger partial charge on any atom is 0.117 e. The molecule has 0 aliphatic rings. The Morgan fingerprint density at radius 3 is 2.78 bits per heavy atom. The van der Waals surface area contributed by atoms with E-state index in [0.29, 0.717) is 0 Å². The summed E-state index contributed by atoms with van der Waals surface area (Å²) in [4.78, 5) is 12.5. The topological polar surface area (TPSA) is 41.6 Å². The summed E-state index contributed by atoms with van der Waals surface area (Å²) in [6.45, 7) is 4.28. The van der Waals surface area contributed by atoms with Crippen LogP contribution in [0.25, 0.3) is 11.0 Å². The number of benzene rings is 1. The Morgan fingerprint density at radius 1 is 1.26 bits per heavy atom. The van der Waals surface area contributed by atoms with E-state index < -0.39 is 0 Å². The average molecular weight is 366 g/mol. The molecule has 0 aliphatic carbocycles. The van der Waals surface area contributed by atoms with Crippen LogP contribution in [-0.2, 0) is 5.75 Å². The molecule has 23 heavy (non-hydrogen) atoms. The van der Waals surface area contributed by atoms with Gasteiger partial charge in [0.15, 0.2) is 0 Å². The first-order chi connectivity index (χ1) is 10.7. The van der Waals surface area contributed by atoms with E-state index in [9.17, 15) is 0 Å². The van der Waals surface area contributed by atoms with Crippen molar-refractivity contribution < 1.29 is 0 Å². The van der Waals surface area contributed by atoms with Gasteiger partial charge in [0.05, 0.1) is 21.8 Å². The second-order valence-electron chi connectivity index (χ2n) is 5.24. The summed E-state index contributed by atoms with van der Waals surface area (Å²) in [6.07, 6.45) is 2.89. The number of para-hydroxylation sites is 2. The fraction of sp³-hybridized carbons (Fsp3) is 0.294. The van der Waals surface area contributed by atoms with E-state index >= 15 is 0 Å².